The van der Waals surface area contributed by atoms with Crippen molar-refractivity contribution in [1.29, 1.82) is 5.26 Å². The molecule has 0 saturated heterocycles. The van der Waals surface area contributed by atoms with Gasteiger partial charge in [-0.2, -0.15) is 5.26 Å². The number of hydrogen-bond acceptors (Lipinski definition) is 3. The minimum absolute atomic E-state index is 0.100. The van der Waals surface area contributed by atoms with Crippen molar-refractivity contribution in [2.45, 2.75) is 13.5 Å². The summed E-state index contributed by atoms with van der Waals surface area (Å²) in [5, 5.41) is 11.6. The molecule has 0 saturated carbocycles. The molecule has 74 valence electrons. The highest BCUT2D eigenvalue weighted by Crippen LogP contribution is 2.17. The molecule has 1 rings (SSSR count). The van der Waals surface area contributed by atoms with Crippen LogP contribution in [0.15, 0.2) is 24.3 Å². The summed E-state index contributed by atoms with van der Waals surface area (Å²) in [6, 6.07) is 9.70. The van der Waals surface area contributed by atoms with Gasteiger partial charge < -0.3 is 10.1 Å². The van der Waals surface area contributed by atoms with Gasteiger partial charge in [-0.15, -0.1) is 0 Å². The molecular formula is C11H14N2O. The molecular weight excluding hydrogens is 176 g/mol. The Morgan fingerprint density at radius 1 is 1.43 bits per heavy atom. The Bertz CT molecular complexity index is 317. The number of rotatable bonds is 5. The van der Waals surface area contributed by atoms with Crippen LogP contribution in [0.1, 0.15) is 12.5 Å². The van der Waals surface area contributed by atoms with E-state index in [1.54, 1.807) is 0 Å². The van der Waals surface area contributed by atoms with Crippen LogP contribution in [0, 0.1) is 11.3 Å². The third kappa shape index (κ3) is 3.08. The Balaban J connectivity index is 2.65. The molecule has 0 radical (unpaired) electrons. The summed E-state index contributed by atoms with van der Waals surface area (Å²) in [6.07, 6.45) is 0. The Morgan fingerprint density at radius 3 is 2.93 bits per heavy atom. The normalized spacial score (nSPS) is 9.43. The van der Waals surface area contributed by atoms with E-state index in [1.807, 2.05) is 30.3 Å². The number of para-hydroxylation sites is 1. The van der Waals surface area contributed by atoms with Gasteiger partial charge in [-0.3, -0.25) is 0 Å². The fourth-order valence-corrected chi connectivity index (χ4v) is 1.16. The standard InChI is InChI=1S/C11H14N2O/c1-2-13-9-10-5-3-4-6-11(10)14-8-7-12/h3-6,13H,2,8-9H2,1H3. The Kier molecular flexibility index (Phi) is 4.53. The van der Waals surface area contributed by atoms with Crippen LogP contribution in [0.4, 0.5) is 0 Å². The maximum Gasteiger partial charge on any atom is 0.174 e. The zero-order valence-electron chi connectivity index (χ0n) is 8.29. The van der Waals surface area contributed by atoms with E-state index in [2.05, 4.69) is 12.2 Å². The highest BCUT2D eigenvalue weighted by Gasteiger charge is 2.00. The van der Waals surface area contributed by atoms with Crippen molar-refractivity contribution < 1.29 is 4.74 Å². The zero-order chi connectivity index (χ0) is 10.2. The molecule has 0 bridgehead atoms. The quantitative estimate of drug-likeness (QED) is 0.768. The second kappa shape index (κ2) is 6.01. The predicted molar refractivity (Wildman–Crippen MR) is 54.9 cm³/mol. The van der Waals surface area contributed by atoms with Crippen molar-refractivity contribution in [2.24, 2.45) is 0 Å². The number of nitrogens with one attached hydrogen (secondary N) is 1. The van der Waals surface area contributed by atoms with Gasteiger partial charge in [0, 0.05) is 12.1 Å². The Labute approximate surface area is 84.3 Å². The summed E-state index contributed by atoms with van der Waals surface area (Å²) in [7, 11) is 0. The van der Waals surface area contributed by atoms with Crippen molar-refractivity contribution in [3.8, 4) is 11.8 Å². The second-order valence-corrected chi connectivity index (χ2v) is 2.83. The van der Waals surface area contributed by atoms with Crippen LogP contribution in [0.3, 0.4) is 0 Å². The average Bonchev–Trinajstić information content (AvgIpc) is 2.24. The van der Waals surface area contributed by atoms with Crippen molar-refractivity contribution in [3.63, 3.8) is 0 Å². The lowest BCUT2D eigenvalue weighted by Gasteiger charge is -2.08. The van der Waals surface area contributed by atoms with Crippen LogP contribution in [0.25, 0.3) is 0 Å². The lowest BCUT2D eigenvalue weighted by Crippen LogP contribution is -2.12. The van der Waals surface area contributed by atoms with Gasteiger partial charge in [-0.1, -0.05) is 25.1 Å². The van der Waals surface area contributed by atoms with Crippen LogP contribution < -0.4 is 10.1 Å². The summed E-state index contributed by atoms with van der Waals surface area (Å²) >= 11 is 0. The SMILES string of the molecule is CCNCc1ccccc1OCC#N. The first-order valence-corrected chi connectivity index (χ1v) is 4.67. The van der Waals surface area contributed by atoms with E-state index >= 15 is 0 Å². The lowest BCUT2D eigenvalue weighted by atomic mass is 10.2. The zero-order valence-corrected chi connectivity index (χ0v) is 8.29. The van der Waals surface area contributed by atoms with E-state index in [0.29, 0.717) is 0 Å². The molecule has 0 aromatic heterocycles. The molecule has 0 amide bonds. The van der Waals surface area contributed by atoms with Crippen molar-refractivity contribution in [2.75, 3.05) is 13.2 Å². The highest BCUT2D eigenvalue weighted by atomic mass is 16.5. The van der Waals surface area contributed by atoms with Crippen LogP contribution in [0.2, 0.25) is 0 Å². The minimum Gasteiger partial charge on any atom is -0.478 e. The summed E-state index contributed by atoms with van der Waals surface area (Å²) in [4.78, 5) is 0. The molecule has 0 unspecified atom stereocenters. The lowest BCUT2D eigenvalue weighted by molar-refractivity contribution is 0.363. The average molecular weight is 190 g/mol. The van der Waals surface area contributed by atoms with E-state index < -0.39 is 0 Å². The molecule has 0 aliphatic heterocycles. The number of benzene rings is 1. The number of nitriles is 1. The monoisotopic (exact) mass is 190 g/mol. The topological polar surface area (TPSA) is 45.0 Å². The molecule has 3 heteroatoms. The predicted octanol–water partition coefficient (Wildman–Crippen LogP) is 1.70. The molecule has 0 heterocycles. The first-order chi connectivity index (χ1) is 6.88. The summed E-state index contributed by atoms with van der Waals surface area (Å²) in [5.74, 6) is 0.787. The van der Waals surface area contributed by atoms with Gasteiger partial charge in [0.05, 0.1) is 0 Å². The van der Waals surface area contributed by atoms with Crippen LogP contribution >= 0.6 is 0 Å². The third-order valence-corrected chi connectivity index (χ3v) is 1.83. The summed E-state index contributed by atoms with van der Waals surface area (Å²) in [5.41, 5.74) is 1.09. The van der Waals surface area contributed by atoms with E-state index in [9.17, 15) is 0 Å². The molecule has 1 aromatic carbocycles. The first-order valence-electron chi connectivity index (χ1n) is 4.67. The third-order valence-electron chi connectivity index (χ3n) is 1.83. The molecule has 0 aliphatic carbocycles. The van der Waals surface area contributed by atoms with Gasteiger partial charge >= 0.3 is 0 Å². The molecule has 1 N–H and O–H groups in total. The van der Waals surface area contributed by atoms with E-state index in [4.69, 9.17) is 10.00 Å². The van der Waals surface area contributed by atoms with E-state index in [1.165, 1.54) is 0 Å². The van der Waals surface area contributed by atoms with Gasteiger partial charge in [0.25, 0.3) is 0 Å². The summed E-state index contributed by atoms with van der Waals surface area (Å²) < 4.78 is 5.28. The van der Waals surface area contributed by atoms with Gasteiger partial charge in [0.15, 0.2) is 6.61 Å². The maximum atomic E-state index is 8.40. The van der Waals surface area contributed by atoms with Crippen LogP contribution in [-0.2, 0) is 6.54 Å². The van der Waals surface area contributed by atoms with Gasteiger partial charge in [0.2, 0.25) is 0 Å². The smallest absolute Gasteiger partial charge is 0.174 e. The van der Waals surface area contributed by atoms with Gasteiger partial charge in [-0.25, -0.2) is 0 Å². The van der Waals surface area contributed by atoms with Crippen molar-refractivity contribution in [3.05, 3.63) is 29.8 Å². The van der Waals surface area contributed by atoms with Crippen molar-refractivity contribution in [1.82, 2.24) is 5.32 Å². The van der Waals surface area contributed by atoms with Gasteiger partial charge in [-0.05, 0) is 12.6 Å². The number of ether oxygens (including phenoxy) is 1. The van der Waals surface area contributed by atoms with Crippen LogP contribution in [-0.4, -0.2) is 13.2 Å². The second-order valence-electron chi connectivity index (χ2n) is 2.83. The molecule has 0 aliphatic rings. The molecule has 0 fully saturated rings. The Hall–Kier alpha value is -1.53. The van der Waals surface area contributed by atoms with Crippen LogP contribution in [0.5, 0.6) is 5.75 Å². The summed E-state index contributed by atoms with van der Waals surface area (Å²) in [6.45, 7) is 3.85. The number of hydrogen-bond donors (Lipinski definition) is 1. The maximum absolute atomic E-state index is 8.40. The molecule has 14 heavy (non-hydrogen) atoms. The first kappa shape index (κ1) is 10.6. The largest absolute Gasteiger partial charge is 0.478 e. The van der Waals surface area contributed by atoms with E-state index in [0.717, 1.165) is 24.4 Å². The van der Waals surface area contributed by atoms with E-state index in [-0.39, 0.29) is 6.61 Å². The Morgan fingerprint density at radius 2 is 2.21 bits per heavy atom. The van der Waals surface area contributed by atoms with Crippen molar-refractivity contribution >= 4 is 0 Å². The fourth-order valence-electron chi connectivity index (χ4n) is 1.16. The molecule has 1 aromatic rings. The highest BCUT2D eigenvalue weighted by molar-refractivity contribution is 5.33. The van der Waals surface area contributed by atoms with Gasteiger partial charge in [0.1, 0.15) is 11.8 Å². The minimum atomic E-state index is 0.100. The molecule has 0 spiro atoms. The molecule has 0 atom stereocenters. The fraction of sp³-hybridized carbons (Fsp3) is 0.364. The number of nitrogens with zero attached hydrogens (tertiary/aromatic N) is 1. The molecule has 3 nitrogen and oxygen atoms in total.